The molecule has 1 aromatic heterocycles. The Labute approximate surface area is 122 Å². The van der Waals surface area contributed by atoms with Gasteiger partial charge in [-0.3, -0.25) is 4.98 Å². The third kappa shape index (κ3) is 3.97. The van der Waals surface area contributed by atoms with Crippen LogP contribution in [0.2, 0.25) is 0 Å². The second-order valence-electron chi connectivity index (χ2n) is 4.22. The van der Waals surface area contributed by atoms with Gasteiger partial charge in [0.15, 0.2) is 0 Å². The van der Waals surface area contributed by atoms with E-state index in [9.17, 15) is 4.39 Å². The minimum atomic E-state index is -0.366. The summed E-state index contributed by atoms with van der Waals surface area (Å²) >= 11 is 5.52. The standard InChI is InChI=1S/C16H13ClFNO/c1-12-7-13(3-2-6-17)4-5-16(12)20-11-14-8-15(18)10-19-9-14/h4-5,7-10H,6,11H2,1H3. The van der Waals surface area contributed by atoms with Crippen molar-refractivity contribution in [3.8, 4) is 17.6 Å². The molecule has 4 heteroatoms. The molecule has 0 spiro atoms. The molecule has 0 aliphatic heterocycles. The Morgan fingerprint density at radius 3 is 2.85 bits per heavy atom. The van der Waals surface area contributed by atoms with E-state index >= 15 is 0 Å². The number of halogens is 2. The van der Waals surface area contributed by atoms with Crippen LogP contribution in [0.1, 0.15) is 16.7 Å². The van der Waals surface area contributed by atoms with Gasteiger partial charge in [0.1, 0.15) is 18.2 Å². The van der Waals surface area contributed by atoms with Gasteiger partial charge in [-0.15, -0.1) is 11.6 Å². The van der Waals surface area contributed by atoms with Crippen LogP contribution in [0.25, 0.3) is 0 Å². The SMILES string of the molecule is Cc1cc(C#CCCl)ccc1OCc1cncc(F)c1. The van der Waals surface area contributed by atoms with E-state index in [2.05, 4.69) is 16.8 Å². The van der Waals surface area contributed by atoms with Crippen molar-refractivity contribution in [3.05, 3.63) is 59.2 Å². The smallest absolute Gasteiger partial charge is 0.141 e. The van der Waals surface area contributed by atoms with E-state index in [1.165, 1.54) is 12.3 Å². The van der Waals surface area contributed by atoms with Crippen molar-refractivity contribution in [1.29, 1.82) is 0 Å². The first-order valence-electron chi connectivity index (χ1n) is 6.07. The number of nitrogens with zero attached hydrogens (tertiary/aromatic N) is 1. The molecule has 1 heterocycles. The maximum atomic E-state index is 13.0. The highest BCUT2D eigenvalue weighted by molar-refractivity contribution is 6.19. The predicted molar refractivity (Wildman–Crippen MR) is 77.3 cm³/mol. The summed E-state index contributed by atoms with van der Waals surface area (Å²) in [4.78, 5) is 3.78. The van der Waals surface area contributed by atoms with Crippen LogP contribution in [0.5, 0.6) is 5.75 Å². The molecule has 0 saturated heterocycles. The second kappa shape index (κ2) is 6.93. The van der Waals surface area contributed by atoms with E-state index in [0.29, 0.717) is 11.4 Å². The van der Waals surface area contributed by atoms with Crippen LogP contribution < -0.4 is 4.74 Å². The maximum absolute atomic E-state index is 13.0. The molecular weight excluding hydrogens is 277 g/mol. The molecule has 0 unspecified atom stereocenters. The van der Waals surface area contributed by atoms with E-state index in [-0.39, 0.29) is 12.4 Å². The summed E-state index contributed by atoms with van der Waals surface area (Å²) in [6.45, 7) is 2.21. The van der Waals surface area contributed by atoms with Crippen molar-refractivity contribution in [1.82, 2.24) is 4.98 Å². The van der Waals surface area contributed by atoms with Crippen LogP contribution >= 0.6 is 11.6 Å². The normalized spacial score (nSPS) is 9.75. The van der Waals surface area contributed by atoms with Gasteiger partial charge in [0.05, 0.1) is 12.1 Å². The number of alkyl halides is 1. The number of rotatable bonds is 3. The van der Waals surface area contributed by atoms with Crippen molar-refractivity contribution in [2.24, 2.45) is 0 Å². The number of ether oxygens (including phenoxy) is 1. The summed E-state index contributed by atoms with van der Waals surface area (Å²) in [5.74, 6) is 6.43. The lowest BCUT2D eigenvalue weighted by Gasteiger charge is -2.09. The van der Waals surface area contributed by atoms with E-state index < -0.39 is 0 Å². The first-order valence-corrected chi connectivity index (χ1v) is 6.60. The van der Waals surface area contributed by atoms with Crippen molar-refractivity contribution in [2.75, 3.05) is 5.88 Å². The Morgan fingerprint density at radius 2 is 2.15 bits per heavy atom. The van der Waals surface area contributed by atoms with Gasteiger partial charge in [-0.05, 0) is 36.8 Å². The van der Waals surface area contributed by atoms with Gasteiger partial charge in [0, 0.05) is 17.3 Å². The highest BCUT2D eigenvalue weighted by Crippen LogP contribution is 2.20. The van der Waals surface area contributed by atoms with E-state index in [0.717, 1.165) is 16.9 Å². The van der Waals surface area contributed by atoms with E-state index in [1.54, 1.807) is 6.20 Å². The van der Waals surface area contributed by atoms with Gasteiger partial charge in [0.2, 0.25) is 0 Å². The average Bonchev–Trinajstić information content (AvgIpc) is 2.44. The molecule has 0 atom stereocenters. The molecule has 2 aromatic rings. The fourth-order valence-corrected chi connectivity index (χ4v) is 1.79. The maximum Gasteiger partial charge on any atom is 0.141 e. The molecule has 20 heavy (non-hydrogen) atoms. The summed E-state index contributed by atoms with van der Waals surface area (Å²) < 4.78 is 18.7. The predicted octanol–water partition coefficient (Wildman–Crippen LogP) is 3.70. The Hall–Kier alpha value is -2.05. The number of hydrogen-bond donors (Lipinski definition) is 0. The molecule has 102 valence electrons. The molecule has 2 rings (SSSR count). The third-order valence-corrected chi connectivity index (χ3v) is 2.76. The fraction of sp³-hybridized carbons (Fsp3) is 0.188. The summed E-state index contributed by atoms with van der Waals surface area (Å²) in [5, 5.41) is 0. The number of aryl methyl sites for hydroxylation is 1. The first-order chi connectivity index (χ1) is 9.69. The van der Waals surface area contributed by atoms with Crippen LogP contribution in [0, 0.1) is 24.6 Å². The number of benzene rings is 1. The first kappa shape index (κ1) is 14.4. The lowest BCUT2D eigenvalue weighted by Crippen LogP contribution is -1.98. The Bertz CT molecular complexity index is 661. The van der Waals surface area contributed by atoms with Crippen molar-refractivity contribution in [2.45, 2.75) is 13.5 Å². The summed E-state index contributed by atoms with van der Waals surface area (Å²) in [7, 11) is 0. The molecule has 0 radical (unpaired) electrons. The largest absolute Gasteiger partial charge is 0.489 e. The zero-order chi connectivity index (χ0) is 14.4. The van der Waals surface area contributed by atoms with Gasteiger partial charge < -0.3 is 4.74 Å². The molecule has 0 N–H and O–H groups in total. The molecule has 2 nitrogen and oxygen atoms in total. The van der Waals surface area contributed by atoms with Gasteiger partial charge in [-0.1, -0.05) is 11.8 Å². The fourth-order valence-electron chi connectivity index (χ4n) is 1.72. The van der Waals surface area contributed by atoms with E-state index in [1.807, 2.05) is 25.1 Å². The summed E-state index contributed by atoms with van der Waals surface area (Å²) in [6, 6.07) is 7.05. The van der Waals surface area contributed by atoms with Gasteiger partial charge in [0.25, 0.3) is 0 Å². The van der Waals surface area contributed by atoms with Crippen molar-refractivity contribution < 1.29 is 9.13 Å². The molecular formula is C16H13ClFNO. The molecule has 1 aromatic carbocycles. The van der Waals surface area contributed by atoms with Crippen LogP contribution in [0.3, 0.4) is 0 Å². The lowest BCUT2D eigenvalue weighted by atomic mass is 10.1. The monoisotopic (exact) mass is 289 g/mol. The highest BCUT2D eigenvalue weighted by Gasteiger charge is 2.02. The minimum Gasteiger partial charge on any atom is -0.489 e. The Kier molecular flexibility index (Phi) is 4.97. The molecule has 0 amide bonds. The highest BCUT2D eigenvalue weighted by atomic mass is 35.5. The number of pyridine rings is 1. The second-order valence-corrected chi connectivity index (χ2v) is 4.48. The quantitative estimate of drug-likeness (QED) is 0.635. The van der Waals surface area contributed by atoms with Gasteiger partial charge in [-0.2, -0.15) is 0 Å². The number of hydrogen-bond acceptors (Lipinski definition) is 2. The molecule has 0 aliphatic rings. The van der Waals surface area contributed by atoms with Crippen LogP contribution in [0.15, 0.2) is 36.7 Å². The zero-order valence-corrected chi connectivity index (χ0v) is 11.7. The molecule has 0 saturated carbocycles. The topological polar surface area (TPSA) is 22.1 Å². The lowest BCUT2D eigenvalue weighted by molar-refractivity contribution is 0.303. The third-order valence-electron chi connectivity index (χ3n) is 2.63. The van der Waals surface area contributed by atoms with Crippen molar-refractivity contribution >= 4 is 11.6 Å². The molecule has 0 aliphatic carbocycles. The minimum absolute atomic E-state index is 0.276. The summed E-state index contributed by atoms with van der Waals surface area (Å²) in [5.41, 5.74) is 2.55. The van der Waals surface area contributed by atoms with Crippen molar-refractivity contribution in [3.63, 3.8) is 0 Å². The zero-order valence-electron chi connectivity index (χ0n) is 11.0. The number of aromatic nitrogens is 1. The van der Waals surface area contributed by atoms with Gasteiger partial charge in [-0.25, -0.2) is 4.39 Å². The van der Waals surface area contributed by atoms with Gasteiger partial charge >= 0.3 is 0 Å². The van der Waals surface area contributed by atoms with E-state index in [4.69, 9.17) is 16.3 Å². The van der Waals surface area contributed by atoms with Crippen LogP contribution in [-0.4, -0.2) is 10.9 Å². The molecule has 0 bridgehead atoms. The van der Waals surface area contributed by atoms with Crippen LogP contribution in [0.4, 0.5) is 4.39 Å². The Balaban J connectivity index is 2.06. The summed E-state index contributed by atoms with van der Waals surface area (Å²) in [6.07, 6.45) is 2.75. The molecule has 0 fully saturated rings. The Morgan fingerprint density at radius 1 is 1.30 bits per heavy atom. The van der Waals surface area contributed by atoms with Crippen LogP contribution in [-0.2, 0) is 6.61 Å². The average molecular weight is 290 g/mol.